The molecular weight excluding hydrogens is 983 g/mol. The van der Waals surface area contributed by atoms with E-state index in [-0.39, 0.29) is 30.2 Å². The second kappa shape index (κ2) is 21.8. The van der Waals surface area contributed by atoms with Crippen molar-refractivity contribution in [3.05, 3.63) is 113 Å². The number of fused-ring (bicyclic) bond motifs is 3. The van der Waals surface area contributed by atoms with Crippen LogP contribution in [0.1, 0.15) is 55.5 Å². The third-order valence-corrected chi connectivity index (χ3v) is 18.0. The molecule has 1 aliphatic carbocycles. The molecule has 2 saturated heterocycles. The van der Waals surface area contributed by atoms with E-state index >= 15 is 0 Å². The van der Waals surface area contributed by atoms with Crippen molar-refractivity contribution in [1.82, 2.24) is 19.8 Å². The summed E-state index contributed by atoms with van der Waals surface area (Å²) in [7, 11) is -11.0. The molecule has 4 N–H and O–H groups in total. The fourth-order valence-electron chi connectivity index (χ4n) is 10.00. The lowest BCUT2D eigenvalue weighted by molar-refractivity contribution is -0.0435. The van der Waals surface area contributed by atoms with Gasteiger partial charge in [0.2, 0.25) is 0 Å². The van der Waals surface area contributed by atoms with Crippen LogP contribution in [-0.4, -0.2) is 140 Å². The number of carbonyl (C=O) groups excluding carboxylic acids is 1. The molecular formula is C50H61ClF3N7O6S3. The molecule has 0 bridgehead atoms. The fraction of sp³-hybridized carbons (Fsp3) is 0.460. The van der Waals surface area contributed by atoms with Crippen molar-refractivity contribution in [3.8, 4) is 0 Å². The number of alkyl halides is 3. The van der Waals surface area contributed by atoms with Crippen LogP contribution in [0.15, 0.2) is 111 Å². The van der Waals surface area contributed by atoms with Crippen molar-refractivity contribution < 1.29 is 39.9 Å². The Balaban J connectivity index is 1.00. The number of benzene rings is 4. The number of piperazine rings is 2. The summed E-state index contributed by atoms with van der Waals surface area (Å²) in [6.45, 7) is 12.0. The maximum absolute atomic E-state index is 14.3. The van der Waals surface area contributed by atoms with E-state index in [0.717, 1.165) is 87.8 Å². The highest BCUT2D eigenvalue weighted by atomic mass is 35.5. The van der Waals surface area contributed by atoms with Gasteiger partial charge < -0.3 is 30.4 Å². The van der Waals surface area contributed by atoms with E-state index in [2.05, 4.69) is 51.3 Å². The van der Waals surface area contributed by atoms with Crippen molar-refractivity contribution in [3.63, 3.8) is 0 Å². The average molecular weight is 1040 g/mol. The molecule has 4 aromatic rings. The Labute approximate surface area is 418 Å². The zero-order chi connectivity index (χ0) is 49.8. The topological polar surface area (TPSA) is 155 Å². The van der Waals surface area contributed by atoms with Gasteiger partial charge in [0.05, 0.1) is 34.6 Å². The number of carbonyl (C=O) groups is 1. The highest BCUT2D eigenvalue weighted by Crippen LogP contribution is 2.44. The Morgan fingerprint density at radius 1 is 0.900 bits per heavy atom. The Morgan fingerprint density at radius 3 is 2.36 bits per heavy atom. The number of aliphatic hydroxyl groups is 1. The molecule has 0 unspecified atom stereocenters. The highest BCUT2D eigenvalue weighted by Gasteiger charge is 2.49. The lowest BCUT2D eigenvalue weighted by Crippen LogP contribution is -2.60. The SMILES string of the molecule is CC1(C)CCC(c2ccc(Cl)cc2)=C(CN2CCN3c4ccc(C(=O)NS(=O)(=O)c5ccc(N[C@H](CCN6CCNCC6)CSc6ccccc6)c(S(=O)(=O)C(F)(F)F)c5)cc4N(CCO)C[C@@H]3C2)C1. The quantitative estimate of drug-likeness (QED) is 0.0770. The summed E-state index contributed by atoms with van der Waals surface area (Å²) in [6, 6.07) is 24.2. The van der Waals surface area contributed by atoms with Gasteiger partial charge in [-0.2, -0.15) is 13.2 Å². The molecule has 4 aromatic carbocycles. The molecule has 3 aliphatic heterocycles. The van der Waals surface area contributed by atoms with Gasteiger partial charge in [-0.3, -0.25) is 9.69 Å². The average Bonchev–Trinajstić information content (AvgIpc) is 3.32. The van der Waals surface area contributed by atoms with Crippen LogP contribution >= 0.6 is 23.4 Å². The summed E-state index contributed by atoms with van der Waals surface area (Å²) < 4.78 is 99.1. The Hall–Kier alpha value is -4.34. The number of amides is 1. The van der Waals surface area contributed by atoms with Gasteiger partial charge in [0.1, 0.15) is 4.90 Å². The molecule has 8 rings (SSSR count). The smallest absolute Gasteiger partial charge is 0.395 e. The Morgan fingerprint density at radius 2 is 1.64 bits per heavy atom. The van der Waals surface area contributed by atoms with Crippen molar-refractivity contribution in [2.75, 3.05) is 99.5 Å². The summed E-state index contributed by atoms with van der Waals surface area (Å²) in [4.78, 5) is 21.6. The summed E-state index contributed by atoms with van der Waals surface area (Å²) in [5.41, 5.74) is -0.603. The van der Waals surface area contributed by atoms with Crippen molar-refractivity contribution in [2.45, 2.75) is 71.8 Å². The van der Waals surface area contributed by atoms with Gasteiger partial charge >= 0.3 is 5.51 Å². The minimum Gasteiger partial charge on any atom is -0.395 e. The number of sulfonamides is 1. The first-order valence-corrected chi connectivity index (χ1v) is 28.0. The maximum Gasteiger partial charge on any atom is 0.501 e. The molecule has 1 amide bonds. The number of β-amino-alcohol motifs (C(OH)–C–C–N with tert-alkyl or cyclic N) is 1. The van der Waals surface area contributed by atoms with E-state index in [0.29, 0.717) is 48.6 Å². The summed E-state index contributed by atoms with van der Waals surface area (Å²) in [5, 5.41) is 17.2. The second-order valence-electron chi connectivity index (χ2n) is 19.3. The molecule has 4 aliphatic rings. The molecule has 2 fully saturated rings. The van der Waals surface area contributed by atoms with Crippen LogP contribution < -0.4 is 25.2 Å². The first-order valence-electron chi connectivity index (χ1n) is 23.7. The van der Waals surface area contributed by atoms with E-state index in [9.17, 15) is 39.9 Å². The number of anilines is 3. The molecule has 0 saturated carbocycles. The predicted molar refractivity (Wildman–Crippen MR) is 272 cm³/mol. The van der Waals surface area contributed by atoms with Gasteiger partial charge in [0.15, 0.2) is 0 Å². The Kier molecular flexibility index (Phi) is 16.2. The zero-order valence-electron chi connectivity index (χ0n) is 39.3. The van der Waals surface area contributed by atoms with Crippen LogP contribution in [-0.2, 0) is 19.9 Å². The number of rotatable bonds is 17. The fourth-order valence-corrected chi connectivity index (χ4v) is 13.1. The number of nitrogens with zero attached hydrogens (tertiary/aromatic N) is 4. The van der Waals surface area contributed by atoms with E-state index in [1.165, 1.54) is 34.5 Å². The lowest BCUT2D eigenvalue weighted by Gasteiger charge is -2.50. The van der Waals surface area contributed by atoms with Crippen LogP contribution in [0, 0.1) is 5.41 Å². The van der Waals surface area contributed by atoms with Gasteiger partial charge in [-0.15, -0.1) is 11.8 Å². The van der Waals surface area contributed by atoms with Gasteiger partial charge in [-0.25, -0.2) is 21.6 Å². The number of halogens is 4. The number of allylic oxidation sites excluding steroid dienone is 1. The van der Waals surface area contributed by atoms with E-state index in [1.807, 2.05) is 52.1 Å². The van der Waals surface area contributed by atoms with Crippen LogP contribution in [0.25, 0.3) is 5.57 Å². The van der Waals surface area contributed by atoms with Crippen molar-refractivity contribution >= 4 is 71.8 Å². The maximum atomic E-state index is 14.3. The molecule has 378 valence electrons. The zero-order valence-corrected chi connectivity index (χ0v) is 42.6. The molecule has 20 heteroatoms. The third kappa shape index (κ3) is 12.3. The van der Waals surface area contributed by atoms with Gasteiger partial charge in [0.25, 0.3) is 25.8 Å². The number of aliphatic hydroxyl groups excluding tert-OH is 1. The van der Waals surface area contributed by atoms with Crippen LogP contribution in [0.2, 0.25) is 5.02 Å². The van der Waals surface area contributed by atoms with E-state index in [1.54, 1.807) is 12.1 Å². The molecule has 13 nitrogen and oxygen atoms in total. The third-order valence-electron chi connectivity index (χ3n) is 13.7. The second-order valence-corrected chi connectivity index (χ2v) is 24.4. The Bertz CT molecular complexity index is 2760. The molecule has 3 heterocycles. The largest absolute Gasteiger partial charge is 0.501 e. The van der Waals surface area contributed by atoms with Crippen molar-refractivity contribution in [2.24, 2.45) is 5.41 Å². The predicted octanol–water partition coefficient (Wildman–Crippen LogP) is 7.59. The number of hydrogen-bond acceptors (Lipinski definition) is 13. The van der Waals surface area contributed by atoms with E-state index < -0.39 is 52.8 Å². The molecule has 0 spiro atoms. The molecule has 0 radical (unpaired) electrons. The minimum absolute atomic E-state index is 0.0476. The number of thioether (sulfide) groups is 1. The van der Waals surface area contributed by atoms with Crippen LogP contribution in [0.4, 0.5) is 30.2 Å². The van der Waals surface area contributed by atoms with Gasteiger partial charge in [0, 0.05) is 99.3 Å². The lowest BCUT2D eigenvalue weighted by atomic mass is 9.72. The minimum atomic E-state index is -6.09. The highest BCUT2D eigenvalue weighted by molar-refractivity contribution is 7.99. The molecule has 0 aromatic heterocycles. The molecule has 70 heavy (non-hydrogen) atoms. The van der Waals surface area contributed by atoms with E-state index in [4.69, 9.17) is 11.6 Å². The summed E-state index contributed by atoms with van der Waals surface area (Å²) in [6.07, 6.45) is 3.52. The first-order chi connectivity index (χ1) is 33.3. The number of nitrogens with one attached hydrogen (secondary N) is 3. The first kappa shape index (κ1) is 52.0. The summed E-state index contributed by atoms with van der Waals surface area (Å²) in [5.74, 6) is -0.693. The van der Waals surface area contributed by atoms with Gasteiger partial charge in [-0.1, -0.05) is 61.4 Å². The number of hydrogen-bond donors (Lipinski definition) is 4. The number of sulfone groups is 1. The molecule has 2 atom stereocenters. The summed E-state index contributed by atoms with van der Waals surface area (Å²) >= 11 is 7.69. The normalized spacial score (nSPS) is 19.6. The van der Waals surface area contributed by atoms with Crippen LogP contribution in [0.3, 0.4) is 0 Å². The van der Waals surface area contributed by atoms with Crippen LogP contribution in [0.5, 0.6) is 0 Å². The van der Waals surface area contributed by atoms with Gasteiger partial charge in [-0.05, 0) is 103 Å². The standard InChI is InChI=1S/C50H61ClF3N7O6S3/c1-49(2)18-16-43(35-8-11-38(51)12-9-35)37(30-49)31-59-24-25-61-40(32-59)33-60(26-27-62)46-28-36(10-15-45(46)61)48(63)57-70(66,67)42-13-14-44(47(29-42)69(64,65)50(52,53)54)56-39(17-21-58-22-19-55-20-23-58)34-68-41-6-4-3-5-7-41/h3-15,28-29,39-40,55-56,62H,16-27,30-34H2,1-2H3,(H,57,63)/t39-,40+/m1/s1. The van der Waals surface area contributed by atoms with Crippen molar-refractivity contribution in [1.29, 1.82) is 0 Å². The monoisotopic (exact) mass is 1040 g/mol.